The molecule has 6 heteroatoms. The van der Waals surface area contributed by atoms with E-state index in [2.05, 4.69) is 20.3 Å². The molecule has 4 fully saturated rings. The lowest BCUT2D eigenvalue weighted by Crippen LogP contribution is -2.61. The van der Waals surface area contributed by atoms with Crippen LogP contribution in [0, 0.1) is 17.8 Å². The topological polar surface area (TPSA) is 71.8 Å². The average Bonchev–Trinajstić information content (AvgIpc) is 3.12. The maximum atomic E-state index is 12.8. The first-order valence-electron chi connectivity index (χ1n) is 12.2. The molecule has 4 saturated carbocycles. The smallest absolute Gasteiger partial charge is 0.315 e. The maximum absolute atomic E-state index is 12.8. The molecule has 2 aromatic rings. The summed E-state index contributed by atoms with van der Waals surface area (Å²) >= 11 is 0. The molecule has 5 aliphatic rings. The van der Waals surface area contributed by atoms with Crippen LogP contribution >= 0.6 is 0 Å². The van der Waals surface area contributed by atoms with Gasteiger partial charge in [-0.1, -0.05) is 6.07 Å². The molecule has 2 heterocycles. The molecular formula is C25H33N5O. The summed E-state index contributed by atoms with van der Waals surface area (Å²) in [6.45, 7) is 1.32. The van der Waals surface area contributed by atoms with E-state index in [0.717, 1.165) is 42.0 Å². The van der Waals surface area contributed by atoms with Crippen LogP contribution in [0.4, 0.5) is 4.79 Å². The van der Waals surface area contributed by atoms with Crippen molar-refractivity contribution in [2.24, 2.45) is 17.8 Å². The van der Waals surface area contributed by atoms with E-state index >= 15 is 0 Å². The van der Waals surface area contributed by atoms with Gasteiger partial charge in [-0.25, -0.2) is 4.79 Å². The van der Waals surface area contributed by atoms with E-state index in [1.165, 1.54) is 62.6 Å². The Morgan fingerprint density at radius 1 is 1.06 bits per heavy atom. The summed E-state index contributed by atoms with van der Waals surface area (Å²) in [6, 6.07) is 6.01. The standard InChI is InChI=1S/C25H33N5O/c31-24(28-25-14-17-11-18(15-25)13-19(12-17)16-25)27-9-10-30-22-7-2-1-5-20(22)23(29-30)21-6-3-4-8-26-21/h3-4,6,8,17-19H,1-2,5,7,9-16H2,(H2,27,28,31). The van der Waals surface area contributed by atoms with Crippen LogP contribution in [0.3, 0.4) is 0 Å². The zero-order valence-electron chi connectivity index (χ0n) is 18.3. The quantitative estimate of drug-likeness (QED) is 0.767. The molecule has 164 valence electrons. The van der Waals surface area contributed by atoms with Gasteiger partial charge in [-0.2, -0.15) is 5.10 Å². The number of nitrogens with zero attached hydrogens (tertiary/aromatic N) is 3. The molecule has 31 heavy (non-hydrogen) atoms. The van der Waals surface area contributed by atoms with Crippen LogP contribution in [0.25, 0.3) is 11.4 Å². The Morgan fingerprint density at radius 2 is 1.81 bits per heavy atom. The predicted octanol–water partition coefficient (Wildman–Crippen LogP) is 4.09. The molecule has 2 N–H and O–H groups in total. The lowest BCUT2D eigenvalue weighted by atomic mass is 9.53. The van der Waals surface area contributed by atoms with Crippen LogP contribution in [-0.2, 0) is 19.4 Å². The van der Waals surface area contributed by atoms with Crippen molar-refractivity contribution >= 4 is 6.03 Å². The van der Waals surface area contributed by atoms with Crippen LogP contribution in [0.5, 0.6) is 0 Å². The van der Waals surface area contributed by atoms with Gasteiger partial charge in [0.2, 0.25) is 0 Å². The molecule has 0 radical (unpaired) electrons. The lowest BCUT2D eigenvalue weighted by molar-refractivity contribution is -0.0135. The molecular weight excluding hydrogens is 386 g/mol. The highest BCUT2D eigenvalue weighted by Crippen LogP contribution is 2.55. The molecule has 4 bridgehead atoms. The van der Waals surface area contributed by atoms with Gasteiger partial charge in [0.25, 0.3) is 0 Å². The number of carbonyl (C=O) groups excluding carboxylic acids is 1. The van der Waals surface area contributed by atoms with Crippen LogP contribution in [0.15, 0.2) is 24.4 Å². The first-order valence-corrected chi connectivity index (χ1v) is 12.2. The van der Waals surface area contributed by atoms with Crippen molar-refractivity contribution in [2.45, 2.75) is 76.3 Å². The van der Waals surface area contributed by atoms with E-state index in [9.17, 15) is 4.79 Å². The average molecular weight is 420 g/mol. The first kappa shape index (κ1) is 19.3. The van der Waals surface area contributed by atoms with Crippen LogP contribution in [0.2, 0.25) is 0 Å². The summed E-state index contributed by atoms with van der Waals surface area (Å²) in [5, 5.41) is 11.5. The third-order valence-corrected chi connectivity index (χ3v) is 8.19. The summed E-state index contributed by atoms with van der Waals surface area (Å²) < 4.78 is 2.11. The van der Waals surface area contributed by atoms with Gasteiger partial charge in [0.05, 0.1) is 12.2 Å². The van der Waals surface area contributed by atoms with E-state index in [1.807, 2.05) is 24.4 Å². The Labute approximate surface area is 184 Å². The Morgan fingerprint density at radius 3 is 2.52 bits per heavy atom. The van der Waals surface area contributed by atoms with Crippen molar-refractivity contribution < 1.29 is 4.79 Å². The van der Waals surface area contributed by atoms with Crippen LogP contribution in [0.1, 0.15) is 62.6 Å². The van der Waals surface area contributed by atoms with E-state index in [0.29, 0.717) is 13.1 Å². The van der Waals surface area contributed by atoms with Crippen molar-refractivity contribution in [1.82, 2.24) is 25.4 Å². The summed E-state index contributed by atoms with van der Waals surface area (Å²) in [5.74, 6) is 2.52. The normalized spacial score (nSPS) is 30.8. The van der Waals surface area contributed by atoms with Crippen molar-refractivity contribution in [2.75, 3.05) is 6.54 Å². The summed E-state index contributed by atoms with van der Waals surface area (Å²) in [6.07, 6.45) is 14.1. The Hall–Kier alpha value is -2.37. The number of aromatic nitrogens is 3. The number of hydrogen-bond donors (Lipinski definition) is 2. The molecule has 2 amide bonds. The molecule has 6 nitrogen and oxygen atoms in total. The Bertz CT molecular complexity index is 931. The predicted molar refractivity (Wildman–Crippen MR) is 120 cm³/mol. The fourth-order valence-corrected chi connectivity index (χ4v) is 7.39. The monoisotopic (exact) mass is 419 g/mol. The second-order valence-corrected chi connectivity index (χ2v) is 10.5. The molecule has 0 unspecified atom stereocenters. The SMILES string of the molecule is O=C(NCCn1nc(-c2ccccn2)c2c1CCCC2)NC12CC3CC(CC(C3)C1)C2. The molecule has 7 rings (SSSR count). The van der Waals surface area contributed by atoms with E-state index in [4.69, 9.17) is 5.10 Å². The van der Waals surface area contributed by atoms with Gasteiger partial charge in [0, 0.05) is 29.5 Å². The van der Waals surface area contributed by atoms with Gasteiger partial charge in [-0.15, -0.1) is 0 Å². The molecule has 0 saturated heterocycles. The van der Waals surface area contributed by atoms with E-state index in [1.54, 1.807) is 0 Å². The minimum absolute atomic E-state index is 0.00734. The van der Waals surface area contributed by atoms with Crippen molar-refractivity contribution in [3.8, 4) is 11.4 Å². The third kappa shape index (κ3) is 3.64. The number of nitrogens with one attached hydrogen (secondary N) is 2. The van der Waals surface area contributed by atoms with E-state index < -0.39 is 0 Å². The number of amides is 2. The molecule has 0 aromatic carbocycles. The second-order valence-electron chi connectivity index (χ2n) is 10.5. The number of fused-ring (bicyclic) bond motifs is 1. The van der Waals surface area contributed by atoms with Gasteiger partial charge in [-0.3, -0.25) is 9.67 Å². The molecule has 0 spiro atoms. The Kier molecular flexibility index (Phi) is 4.77. The number of hydrogen-bond acceptors (Lipinski definition) is 3. The van der Waals surface area contributed by atoms with E-state index in [-0.39, 0.29) is 11.6 Å². The fraction of sp³-hybridized carbons (Fsp3) is 0.640. The van der Waals surface area contributed by atoms with Gasteiger partial charge < -0.3 is 10.6 Å². The Balaban J connectivity index is 1.11. The highest BCUT2D eigenvalue weighted by Gasteiger charge is 2.51. The minimum Gasteiger partial charge on any atom is -0.336 e. The molecule has 2 aromatic heterocycles. The number of urea groups is 1. The van der Waals surface area contributed by atoms with Gasteiger partial charge in [0.15, 0.2) is 0 Å². The van der Waals surface area contributed by atoms with Gasteiger partial charge >= 0.3 is 6.03 Å². The first-order chi connectivity index (χ1) is 15.2. The lowest BCUT2D eigenvalue weighted by Gasteiger charge is -2.56. The fourth-order valence-electron chi connectivity index (χ4n) is 7.39. The third-order valence-electron chi connectivity index (χ3n) is 8.19. The summed E-state index contributed by atoms with van der Waals surface area (Å²) in [4.78, 5) is 17.3. The van der Waals surface area contributed by atoms with Crippen molar-refractivity contribution in [3.05, 3.63) is 35.7 Å². The maximum Gasteiger partial charge on any atom is 0.315 e. The van der Waals surface area contributed by atoms with Gasteiger partial charge in [0.1, 0.15) is 5.69 Å². The molecule has 0 atom stereocenters. The second kappa shape index (κ2) is 7.64. The minimum atomic E-state index is 0.00734. The van der Waals surface area contributed by atoms with Crippen LogP contribution < -0.4 is 10.6 Å². The van der Waals surface area contributed by atoms with Crippen molar-refractivity contribution in [1.29, 1.82) is 0 Å². The summed E-state index contributed by atoms with van der Waals surface area (Å²) in [7, 11) is 0. The molecule has 0 aliphatic heterocycles. The summed E-state index contributed by atoms with van der Waals surface area (Å²) in [5.41, 5.74) is 4.72. The number of rotatable bonds is 5. The zero-order valence-corrected chi connectivity index (χ0v) is 18.3. The van der Waals surface area contributed by atoms with Gasteiger partial charge in [-0.05, 0) is 94.1 Å². The molecule has 5 aliphatic carbocycles. The van der Waals surface area contributed by atoms with Crippen LogP contribution in [-0.4, -0.2) is 32.9 Å². The number of pyridine rings is 1. The zero-order chi connectivity index (χ0) is 20.8. The highest BCUT2D eigenvalue weighted by molar-refractivity contribution is 5.74. The van der Waals surface area contributed by atoms with Crippen molar-refractivity contribution in [3.63, 3.8) is 0 Å². The highest BCUT2D eigenvalue weighted by atomic mass is 16.2. The largest absolute Gasteiger partial charge is 0.336 e. The number of carbonyl (C=O) groups is 1.